The van der Waals surface area contributed by atoms with Crippen LogP contribution in [0.15, 0.2) is 23.4 Å². The smallest absolute Gasteiger partial charge is 0.313 e. The maximum Gasteiger partial charge on any atom is 0.313 e. The molecule has 0 aliphatic rings. The molecule has 102 valence electrons. The van der Waals surface area contributed by atoms with Crippen molar-refractivity contribution in [2.75, 3.05) is 5.75 Å². The number of benzene rings is 1. The number of fused-ring (bicyclic) bond motifs is 1. The molecule has 4 nitrogen and oxygen atoms in total. The van der Waals surface area contributed by atoms with E-state index in [1.807, 2.05) is 13.0 Å². The molecule has 0 unspecified atom stereocenters. The zero-order chi connectivity index (χ0) is 14.0. The van der Waals surface area contributed by atoms with E-state index in [1.54, 1.807) is 0 Å². The monoisotopic (exact) mass is 278 g/mol. The largest absolute Gasteiger partial charge is 0.481 e. The Bertz CT molecular complexity index is 605. The van der Waals surface area contributed by atoms with Gasteiger partial charge in [0.2, 0.25) is 0 Å². The molecule has 0 fully saturated rings. The third-order valence-corrected chi connectivity index (χ3v) is 3.70. The Labute approximate surface area is 116 Å². The average Bonchev–Trinajstić information content (AvgIpc) is 2.63. The van der Waals surface area contributed by atoms with Crippen LogP contribution in [0.3, 0.4) is 0 Å². The lowest BCUT2D eigenvalue weighted by molar-refractivity contribution is -0.133. The first-order valence-electron chi connectivity index (χ1n) is 6.29. The highest BCUT2D eigenvalue weighted by atomic mass is 32.2. The van der Waals surface area contributed by atoms with E-state index in [9.17, 15) is 4.79 Å². The van der Waals surface area contributed by atoms with Gasteiger partial charge in [-0.05, 0) is 30.5 Å². The molecule has 5 heteroatoms. The maximum absolute atomic E-state index is 10.7. The minimum Gasteiger partial charge on any atom is -0.481 e. The summed E-state index contributed by atoms with van der Waals surface area (Å²) in [6, 6.07) is 6.16. The Morgan fingerprint density at radius 1 is 1.47 bits per heavy atom. The van der Waals surface area contributed by atoms with Crippen LogP contribution in [0.2, 0.25) is 0 Å². The predicted octanol–water partition coefficient (Wildman–Crippen LogP) is 3.18. The Balaban J connectivity index is 2.44. The fraction of sp³-hybridized carbons (Fsp3) is 0.429. The van der Waals surface area contributed by atoms with Gasteiger partial charge in [0.25, 0.3) is 0 Å². The average molecular weight is 278 g/mol. The molecule has 1 N–H and O–H groups in total. The minimum absolute atomic E-state index is 0.0421. The zero-order valence-corrected chi connectivity index (χ0v) is 12.2. The lowest BCUT2D eigenvalue weighted by Crippen LogP contribution is -2.07. The van der Waals surface area contributed by atoms with Crippen LogP contribution in [-0.2, 0) is 11.3 Å². The first-order valence-corrected chi connectivity index (χ1v) is 7.27. The third-order valence-electron chi connectivity index (χ3n) is 2.74. The summed E-state index contributed by atoms with van der Waals surface area (Å²) in [7, 11) is 0. The highest BCUT2D eigenvalue weighted by molar-refractivity contribution is 7.99. The topological polar surface area (TPSA) is 55.1 Å². The maximum atomic E-state index is 10.7. The van der Waals surface area contributed by atoms with E-state index in [0.29, 0.717) is 5.92 Å². The second-order valence-corrected chi connectivity index (χ2v) is 6.02. The van der Waals surface area contributed by atoms with Gasteiger partial charge in [-0.1, -0.05) is 31.7 Å². The highest BCUT2D eigenvalue weighted by Crippen LogP contribution is 2.25. The first kappa shape index (κ1) is 13.9. The molecule has 1 heterocycles. The van der Waals surface area contributed by atoms with Crippen molar-refractivity contribution in [2.24, 2.45) is 5.92 Å². The number of rotatable bonds is 5. The van der Waals surface area contributed by atoms with Crippen LogP contribution < -0.4 is 0 Å². The van der Waals surface area contributed by atoms with Crippen molar-refractivity contribution >= 4 is 28.8 Å². The number of hydrogen-bond donors (Lipinski definition) is 1. The first-order chi connectivity index (χ1) is 8.97. The molecule has 1 aromatic heterocycles. The van der Waals surface area contributed by atoms with Gasteiger partial charge >= 0.3 is 5.97 Å². The minimum atomic E-state index is -0.815. The fourth-order valence-electron chi connectivity index (χ4n) is 2.00. The predicted molar refractivity (Wildman–Crippen MR) is 77.7 cm³/mol. The summed E-state index contributed by atoms with van der Waals surface area (Å²) in [5, 5.41) is 9.60. The van der Waals surface area contributed by atoms with Crippen molar-refractivity contribution in [3.63, 3.8) is 0 Å². The Kier molecular flexibility index (Phi) is 4.14. The summed E-state index contributed by atoms with van der Waals surface area (Å²) in [5.41, 5.74) is 3.18. The van der Waals surface area contributed by atoms with Crippen LogP contribution >= 0.6 is 11.8 Å². The number of hydrogen-bond acceptors (Lipinski definition) is 3. The number of imidazole rings is 1. The molecule has 0 saturated carbocycles. The van der Waals surface area contributed by atoms with E-state index < -0.39 is 5.97 Å². The Morgan fingerprint density at radius 2 is 2.21 bits per heavy atom. The molecule has 2 rings (SSSR count). The second-order valence-electron chi connectivity index (χ2n) is 5.07. The van der Waals surface area contributed by atoms with Crippen LogP contribution in [0.5, 0.6) is 0 Å². The van der Waals surface area contributed by atoms with E-state index in [2.05, 4.69) is 35.5 Å². The van der Waals surface area contributed by atoms with Gasteiger partial charge in [0, 0.05) is 6.54 Å². The van der Waals surface area contributed by atoms with Crippen molar-refractivity contribution in [1.29, 1.82) is 0 Å². The summed E-state index contributed by atoms with van der Waals surface area (Å²) in [4.78, 5) is 15.3. The molecule has 0 spiro atoms. The van der Waals surface area contributed by atoms with Crippen molar-refractivity contribution in [3.05, 3.63) is 23.8 Å². The standard InChI is InChI=1S/C14H18N2O2S/c1-9(2)7-16-12-5-4-10(3)6-11(12)15-14(16)19-8-13(17)18/h4-6,9H,7-8H2,1-3H3,(H,17,18). The Morgan fingerprint density at radius 3 is 2.84 bits per heavy atom. The molecule has 0 atom stereocenters. The summed E-state index contributed by atoms with van der Waals surface area (Å²) in [6.45, 7) is 7.17. The molecule has 0 aliphatic heterocycles. The molecule has 0 radical (unpaired) electrons. The van der Waals surface area contributed by atoms with E-state index >= 15 is 0 Å². The van der Waals surface area contributed by atoms with Crippen molar-refractivity contribution < 1.29 is 9.90 Å². The molecular weight excluding hydrogens is 260 g/mol. The highest BCUT2D eigenvalue weighted by Gasteiger charge is 2.13. The molecule has 0 bridgehead atoms. The summed E-state index contributed by atoms with van der Waals surface area (Å²) < 4.78 is 2.12. The molecule has 0 amide bonds. The van der Waals surface area contributed by atoms with Gasteiger partial charge in [0.05, 0.1) is 16.8 Å². The summed E-state index contributed by atoms with van der Waals surface area (Å²) in [6.07, 6.45) is 0. The lowest BCUT2D eigenvalue weighted by Gasteiger charge is -2.10. The van der Waals surface area contributed by atoms with Crippen LogP contribution in [0, 0.1) is 12.8 Å². The van der Waals surface area contributed by atoms with E-state index in [1.165, 1.54) is 11.8 Å². The van der Waals surface area contributed by atoms with Gasteiger partial charge in [-0.15, -0.1) is 0 Å². The van der Waals surface area contributed by atoms with Gasteiger partial charge in [-0.25, -0.2) is 4.98 Å². The number of carbonyl (C=O) groups is 1. The van der Waals surface area contributed by atoms with Crippen molar-refractivity contribution in [1.82, 2.24) is 9.55 Å². The van der Waals surface area contributed by atoms with Gasteiger partial charge in [0.15, 0.2) is 5.16 Å². The number of aryl methyl sites for hydroxylation is 1. The Hall–Kier alpha value is -1.49. The van der Waals surface area contributed by atoms with Gasteiger partial charge < -0.3 is 9.67 Å². The van der Waals surface area contributed by atoms with Crippen LogP contribution in [-0.4, -0.2) is 26.4 Å². The van der Waals surface area contributed by atoms with Crippen molar-refractivity contribution in [2.45, 2.75) is 32.5 Å². The van der Waals surface area contributed by atoms with Crippen LogP contribution in [0.4, 0.5) is 0 Å². The lowest BCUT2D eigenvalue weighted by atomic mass is 10.2. The summed E-state index contributed by atoms with van der Waals surface area (Å²) >= 11 is 1.28. The van der Waals surface area contributed by atoms with Crippen molar-refractivity contribution in [3.8, 4) is 0 Å². The van der Waals surface area contributed by atoms with Gasteiger partial charge in [-0.3, -0.25) is 4.79 Å². The normalized spacial score (nSPS) is 11.4. The number of aromatic nitrogens is 2. The second kappa shape index (κ2) is 5.65. The summed E-state index contributed by atoms with van der Waals surface area (Å²) in [5.74, 6) is -0.285. The van der Waals surface area contributed by atoms with Gasteiger partial charge in [-0.2, -0.15) is 0 Å². The SMILES string of the molecule is Cc1ccc2c(c1)nc(SCC(=O)O)n2CC(C)C. The number of carboxylic acids is 1. The number of aliphatic carboxylic acids is 1. The zero-order valence-electron chi connectivity index (χ0n) is 11.4. The van der Waals surface area contributed by atoms with Gasteiger partial charge in [0.1, 0.15) is 0 Å². The van der Waals surface area contributed by atoms with E-state index in [4.69, 9.17) is 5.11 Å². The number of carboxylic acid groups (broad SMARTS) is 1. The quantitative estimate of drug-likeness (QED) is 0.853. The van der Waals surface area contributed by atoms with E-state index in [-0.39, 0.29) is 5.75 Å². The third kappa shape index (κ3) is 3.29. The van der Waals surface area contributed by atoms with E-state index in [0.717, 1.165) is 28.3 Å². The number of nitrogens with zero attached hydrogens (tertiary/aromatic N) is 2. The number of thioether (sulfide) groups is 1. The molecule has 0 aliphatic carbocycles. The van der Waals surface area contributed by atoms with Crippen LogP contribution in [0.25, 0.3) is 11.0 Å². The molecule has 19 heavy (non-hydrogen) atoms. The molecule has 0 saturated heterocycles. The molecule has 2 aromatic rings. The molecular formula is C14H18N2O2S. The fourth-order valence-corrected chi connectivity index (χ4v) is 2.74. The van der Waals surface area contributed by atoms with Crippen LogP contribution in [0.1, 0.15) is 19.4 Å². The molecule has 1 aromatic carbocycles.